The lowest BCUT2D eigenvalue weighted by Crippen LogP contribution is -2.39. The van der Waals surface area contributed by atoms with Gasteiger partial charge in [0.05, 0.1) is 0 Å². The summed E-state index contributed by atoms with van der Waals surface area (Å²) < 4.78 is 5.00. The van der Waals surface area contributed by atoms with Crippen molar-refractivity contribution < 1.29 is 9.53 Å². The fourth-order valence-electron chi connectivity index (χ4n) is 1.92. The van der Waals surface area contributed by atoms with Crippen LogP contribution in [0.25, 0.3) is 0 Å². The molecule has 3 N–H and O–H groups in total. The number of carbonyl (C=O) groups excluding carboxylic acids is 1. The normalized spacial score (nSPS) is 10.7. The first-order valence-corrected chi connectivity index (χ1v) is 8.08. The van der Waals surface area contributed by atoms with Crippen LogP contribution >= 0.6 is 24.0 Å². The summed E-state index contributed by atoms with van der Waals surface area (Å²) >= 11 is 0. The van der Waals surface area contributed by atoms with Crippen LogP contribution in [-0.2, 0) is 16.1 Å². The average molecular weight is 448 g/mol. The Morgan fingerprint density at radius 2 is 1.92 bits per heavy atom. The van der Waals surface area contributed by atoms with Gasteiger partial charge >= 0.3 is 0 Å². The number of methoxy groups -OCH3 is 1. The van der Waals surface area contributed by atoms with Gasteiger partial charge in [0.25, 0.3) is 0 Å². The van der Waals surface area contributed by atoms with Gasteiger partial charge in [-0.1, -0.05) is 30.3 Å². The number of nitrogens with zero attached hydrogens (tertiary/aromatic N) is 1. The Kier molecular flexibility index (Phi) is 14.3. The highest BCUT2D eigenvalue weighted by Crippen LogP contribution is 1.97. The van der Waals surface area contributed by atoms with E-state index in [1.165, 1.54) is 0 Å². The van der Waals surface area contributed by atoms with Gasteiger partial charge in [0.2, 0.25) is 5.91 Å². The van der Waals surface area contributed by atoms with Crippen molar-refractivity contribution in [3.05, 3.63) is 35.9 Å². The molecule has 0 unspecified atom stereocenters. The molecule has 0 saturated heterocycles. The predicted octanol–water partition coefficient (Wildman–Crippen LogP) is 1.90. The molecule has 7 heteroatoms. The Morgan fingerprint density at radius 3 is 2.58 bits per heavy atom. The maximum Gasteiger partial charge on any atom is 0.222 e. The zero-order chi connectivity index (χ0) is 16.8. The molecule has 0 aliphatic rings. The molecule has 0 spiro atoms. The molecule has 0 radical (unpaired) electrons. The lowest BCUT2D eigenvalue weighted by Gasteiger charge is -2.11. The van der Waals surface area contributed by atoms with E-state index in [0.717, 1.165) is 24.5 Å². The van der Waals surface area contributed by atoms with E-state index in [1.54, 1.807) is 7.11 Å². The smallest absolute Gasteiger partial charge is 0.222 e. The molecule has 136 valence electrons. The standard InChI is InChI=1S/C17H28N4O2.HI/c1-3-18-17(19-11-7-13-23-2)20-12-10-16(22)21-14-15-8-5-4-6-9-15;/h4-6,8-9H,3,7,10-14H2,1-2H3,(H,21,22)(H2,18,19,20);1H. The molecular formula is C17H29IN4O2. The average Bonchev–Trinajstić information content (AvgIpc) is 2.58. The van der Waals surface area contributed by atoms with Gasteiger partial charge in [0.15, 0.2) is 5.96 Å². The molecule has 0 bridgehead atoms. The molecule has 0 atom stereocenters. The molecular weight excluding hydrogens is 419 g/mol. The Labute approximate surface area is 161 Å². The van der Waals surface area contributed by atoms with Crippen LogP contribution in [0.4, 0.5) is 0 Å². The van der Waals surface area contributed by atoms with E-state index < -0.39 is 0 Å². The number of amides is 1. The minimum Gasteiger partial charge on any atom is -0.385 e. The van der Waals surface area contributed by atoms with E-state index in [1.807, 2.05) is 37.3 Å². The van der Waals surface area contributed by atoms with E-state index in [4.69, 9.17) is 4.74 Å². The monoisotopic (exact) mass is 448 g/mol. The second-order valence-corrected chi connectivity index (χ2v) is 5.05. The zero-order valence-corrected chi connectivity index (χ0v) is 16.8. The summed E-state index contributed by atoms with van der Waals surface area (Å²) in [7, 11) is 1.68. The van der Waals surface area contributed by atoms with Gasteiger partial charge in [0, 0.05) is 46.3 Å². The van der Waals surface area contributed by atoms with E-state index in [-0.39, 0.29) is 29.9 Å². The van der Waals surface area contributed by atoms with Gasteiger partial charge in [0.1, 0.15) is 0 Å². The van der Waals surface area contributed by atoms with Gasteiger partial charge in [-0.2, -0.15) is 0 Å². The topological polar surface area (TPSA) is 74.8 Å². The van der Waals surface area contributed by atoms with Crippen molar-refractivity contribution in [3.63, 3.8) is 0 Å². The van der Waals surface area contributed by atoms with Crippen LogP contribution in [0.5, 0.6) is 0 Å². The van der Waals surface area contributed by atoms with E-state index in [2.05, 4.69) is 20.9 Å². The maximum absolute atomic E-state index is 11.8. The van der Waals surface area contributed by atoms with Crippen LogP contribution in [0.2, 0.25) is 0 Å². The molecule has 0 aromatic heterocycles. The van der Waals surface area contributed by atoms with E-state index in [9.17, 15) is 4.79 Å². The summed E-state index contributed by atoms with van der Waals surface area (Å²) in [4.78, 5) is 16.3. The third-order valence-corrected chi connectivity index (χ3v) is 3.10. The highest BCUT2D eigenvalue weighted by atomic mass is 127. The maximum atomic E-state index is 11.8. The molecule has 1 amide bonds. The number of guanidine groups is 1. The number of benzene rings is 1. The SMILES string of the molecule is CCNC(=NCCCOC)NCCC(=O)NCc1ccccc1.I. The molecule has 1 rings (SSSR count). The van der Waals surface area contributed by atoms with Gasteiger partial charge in [-0.3, -0.25) is 9.79 Å². The summed E-state index contributed by atoms with van der Waals surface area (Å²) in [6, 6.07) is 9.88. The number of hydrogen-bond acceptors (Lipinski definition) is 3. The lowest BCUT2D eigenvalue weighted by molar-refractivity contribution is -0.121. The third kappa shape index (κ3) is 11.2. The van der Waals surface area contributed by atoms with Gasteiger partial charge < -0.3 is 20.7 Å². The first kappa shape index (κ1) is 22.6. The molecule has 0 saturated carbocycles. The first-order chi connectivity index (χ1) is 11.3. The van der Waals surface area contributed by atoms with Crippen LogP contribution in [0.3, 0.4) is 0 Å². The number of carbonyl (C=O) groups is 1. The molecule has 6 nitrogen and oxygen atoms in total. The predicted molar refractivity (Wildman–Crippen MR) is 109 cm³/mol. The molecule has 0 aliphatic carbocycles. The van der Waals surface area contributed by atoms with Crippen LogP contribution in [-0.4, -0.2) is 45.2 Å². The molecule has 0 fully saturated rings. The highest BCUT2D eigenvalue weighted by Gasteiger charge is 2.02. The fraction of sp³-hybridized carbons (Fsp3) is 0.529. The number of nitrogens with one attached hydrogen (secondary N) is 3. The minimum atomic E-state index is 0. The number of aliphatic imine (C=N–C) groups is 1. The van der Waals surface area contributed by atoms with Crippen molar-refractivity contribution in [2.75, 3.05) is 33.4 Å². The molecule has 1 aromatic rings. The van der Waals surface area contributed by atoms with Gasteiger partial charge in [-0.05, 0) is 18.9 Å². The molecule has 24 heavy (non-hydrogen) atoms. The zero-order valence-electron chi connectivity index (χ0n) is 14.5. The minimum absolute atomic E-state index is 0. The first-order valence-electron chi connectivity index (χ1n) is 8.08. The third-order valence-electron chi connectivity index (χ3n) is 3.10. The van der Waals surface area contributed by atoms with Gasteiger partial charge in [-0.15, -0.1) is 24.0 Å². The second kappa shape index (κ2) is 15.2. The van der Waals surface area contributed by atoms with Crippen LogP contribution in [0, 0.1) is 0 Å². The Balaban J connectivity index is 0.00000529. The second-order valence-electron chi connectivity index (χ2n) is 5.05. The van der Waals surface area contributed by atoms with E-state index >= 15 is 0 Å². The number of ether oxygens (including phenoxy) is 1. The Morgan fingerprint density at radius 1 is 1.17 bits per heavy atom. The quantitative estimate of drug-likeness (QED) is 0.221. The molecule has 1 aromatic carbocycles. The highest BCUT2D eigenvalue weighted by molar-refractivity contribution is 14.0. The van der Waals surface area contributed by atoms with E-state index in [0.29, 0.717) is 32.7 Å². The van der Waals surface area contributed by atoms with Crippen molar-refractivity contribution in [2.45, 2.75) is 26.3 Å². The summed E-state index contributed by atoms with van der Waals surface area (Å²) in [5.41, 5.74) is 1.10. The summed E-state index contributed by atoms with van der Waals surface area (Å²) in [5.74, 6) is 0.760. The molecule has 0 aliphatic heterocycles. The van der Waals surface area contributed by atoms with Crippen LogP contribution < -0.4 is 16.0 Å². The van der Waals surface area contributed by atoms with Crippen molar-refractivity contribution in [1.82, 2.24) is 16.0 Å². The van der Waals surface area contributed by atoms with Gasteiger partial charge in [-0.25, -0.2) is 0 Å². The van der Waals surface area contributed by atoms with Crippen molar-refractivity contribution in [2.24, 2.45) is 4.99 Å². The number of halogens is 1. The largest absolute Gasteiger partial charge is 0.385 e. The summed E-state index contributed by atoms with van der Waals surface area (Å²) in [6.45, 7) is 5.31. The summed E-state index contributed by atoms with van der Waals surface area (Å²) in [5, 5.41) is 9.23. The van der Waals surface area contributed by atoms with Crippen molar-refractivity contribution in [1.29, 1.82) is 0 Å². The lowest BCUT2D eigenvalue weighted by atomic mass is 10.2. The van der Waals surface area contributed by atoms with Crippen molar-refractivity contribution in [3.8, 4) is 0 Å². The van der Waals surface area contributed by atoms with Crippen LogP contribution in [0.15, 0.2) is 35.3 Å². The number of hydrogen-bond donors (Lipinski definition) is 3. The Bertz CT molecular complexity index is 469. The van der Waals surface area contributed by atoms with Crippen molar-refractivity contribution >= 4 is 35.8 Å². The number of rotatable bonds is 10. The fourth-order valence-corrected chi connectivity index (χ4v) is 1.92. The summed E-state index contributed by atoms with van der Waals surface area (Å²) in [6.07, 6.45) is 1.29. The molecule has 0 heterocycles. The van der Waals surface area contributed by atoms with Crippen LogP contribution in [0.1, 0.15) is 25.3 Å². The Hall–Kier alpha value is -1.35.